The Morgan fingerprint density at radius 1 is 1.25 bits per heavy atom. The van der Waals surface area contributed by atoms with E-state index in [0.717, 1.165) is 19.6 Å². The fourth-order valence-corrected chi connectivity index (χ4v) is 3.53. The summed E-state index contributed by atoms with van der Waals surface area (Å²) in [6, 6.07) is 7.83. The first kappa shape index (κ1) is 19.8. The first-order valence-corrected chi connectivity index (χ1v) is 9.57. The van der Waals surface area contributed by atoms with Crippen LogP contribution < -0.4 is 4.90 Å². The molecule has 3 rings (SSSR count). The molecule has 1 atom stereocenters. The van der Waals surface area contributed by atoms with Crippen molar-refractivity contribution in [3.05, 3.63) is 65.1 Å². The Morgan fingerprint density at radius 2 is 2.00 bits per heavy atom. The van der Waals surface area contributed by atoms with Crippen molar-refractivity contribution < 1.29 is 24.0 Å². The van der Waals surface area contributed by atoms with Crippen LogP contribution in [0.1, 0.15) is 41.9 Å². The number of nitrogens with one attached hydrogen (secondary N) is 1. The first-order valence-electron chi connectivity index (χ1n) is 9.57. The molecular formula is C21H26N3O4+. The summed E-state index contributed by atoms with van der Waals surface area (Å²) in [4.78, 5) is 33.1. The zero-order valence-electron chi connectivity index (χ0n) is 16.4. The van der Waals surface area contributed by atoms with Crippen LogP contribution in [0.15, 0.2) is 52.3 Å². The number of aliphatic hydroxyl groups excluding tert-OH is 1. The molecule has 2 aromatic rings. The van der Waals surface area contributed by atoms with Crippen molar-refractivity contribution in [1.29, 1.82) is 0 Å². The molecule has 0 spiro atoms. The second-order valence-corrected chi connectivity index (χ2v) is 6.86. The third-order valence-electron chi connectivity index (χ3n) is 5.19. The number of hydrogen-bond donors (Lipinski definition) is 2. The van der Waals surface area contributed by atoms with E-state index in [2.05, 4.69) is 18.8 Å². The molecule has 148 valence electrons. The Bertz CT molecular complexity index is 884. The number of likely N-dealkylation sites (N-methyl/N-ethyl adjacent to an activating group) is 1. The summed E-state index contributed by atoms with van der Waals surface area (Å²) >= 11 is 0. The molecule has 3 heterocycles. The van der Waals surface area contributed by atoms with Crippen molar-refractivity contribution in [1.82, 2.24) is 9.88 Å². The lowest BCUT2D eigenvalue weighted by Crippen LogP contribution is -3.12. The number of quaternary nitrogens is 1. The van der Waals surface area contributed by atoms with Crippen molar-refractivity contribution >= 4 is 11.7 Å². The van der Waals surface area contributed by atoms with Gasteiger partial charge in [0, 0.05) is 6.20 Å². The minimum Gasteiger partial charge on any atom is -0.503 e. The van der Waals surface area contributed by atoms with Gasteiger partial charge in [-0.15, -0.1) is 0 Å². The Morgan fingerprint density at radius 3 is 2.57 bits per heavy atom. The van der Waals surface area contributed by atoms with Crippen LogP contribution in [0.25, 0.3) is 0 Å². The van der Waals surface area contributed by atoms with Gasteiger partial charge in [-0.3, -0.25) is 14.6 Å². The van der Waals surface area contributed by atoms with Crippen LogP contribution in [-0.4, -0.2) is 52.9 Å². The molecule has 0 fully saturated rings. The number of pyridine rings is 1. The van der Waals surface area contributed by atoms with Gasteiger partial charge < -0.3 is 19.3 Å². The molecule has 28 heavy (non-hydrogen) atoms. The number of amides is 1. The largest absolute Gasteiger partial charge is 0.503 e. The van der Waals surface area contributed by atoms with Crippen molar-refractivity contribution in [2.75, 3.05) is 26.2 Å². The summed E-state index contributed by atoms with van der Waals surface area (Å²) < 4.78 is 5.44. The normalized spacial score (nSPS) is 17.1. The highest BCUT2D eigenvalue weighted by molar-refractivity contribution is 6.14. The molecule has 0 saturated heterocycles. The average Bonchev–Trinajstić information content (AvgIpc) is 3.25. The van der Waals surface area contributed by atoms with Gasteiger partial charge in [-0.05, 0) is 45.0 Å². The summed E-state index contributed by atoms with van der Waals surface area (Å²) in [6.45, 7) is 8.91. The molecule has 0 radical (unpaired) electrons. The van der Waals surface area contributed by atoms with E-state index in [9.17, 15) is 14.7 Å². The maximum Gasteiger partial charge on any atom is 0.290 e. The van der Waals surface area contributed by atoms with E-state index in [1.54, 1.807) is 43.5 Å². The number of Topliss-reactive ketones (excluding diaryl/α,β-unsaturated/α-hetero) is 1. The molecule has 0 saturated carbocycles. The van der Waals surface area contributed by atoms with Crippen LogP contribution in [-0.2, 0) is 4.79 Å². The number of carbonyl (C=O) groups is 2. The molecule has 7 heteroatoms. The number of aliphatic hydroxyl groups is 1. The molecular weight excluding hydrogens is 358 g/mol. The lowest BCUT2D eigenvalue weighted by molar-refractivity contribution is -0.895. The molecule has 0 aliphatic carbocycles. The molecule has 1 aliphatic rings. The Kier molecular flexibility index (Phi) is 5.94. The number of aromatic nitrogens is 1. The number of rotatable bonds is 8. The number of furan rings is 1. The SMILES string of the molecule is CC[NH+](CC)CCN1C(=O)C(O)=C(C(=O)c2ccc(C)o2)[C@H]1c1ccccn1. The number of carbonyl (C=O) groups excluding carboxylic acids is 2. The molecule has 0 bridgehead atoms. The van der Waals surface area contributed by atoms with Gasteiger partial charge in [0.15, 0.2) is 11.5 Å². The Labute approximate surface area is 164 Å². The lowest BCUT2D eigenvalue weighted by atomic mass is 9.98. The quantitative estimate of drug-likeness (QED) is 0.673. The number of aryl methyl sites for hydroxylation is 1. The highest BCUT2D eigenvalue weighted by Crippen LogP contribution is 2.37. The highest BCUT2D eigenvalue weighted by atomic mass is 16.3. The number of nitrogens with zero attached hydrogens (tertiary/aromatic N) is 2. The second-order valence-electron chi connectivity index (χ2n) is 6.86. The van der Waals surface area contributed by atoms with Crippen molar-refractivity contribution in [2.45, 2.75) is 26.8 Å². The third kappa shape index (κ3) is 3.71. The lowest BCUT2D eigenvalue weighted by Gasteiger charge is -2.27. The maximum atomic E-state index is 13.1. The summed E-state index contributed by atoms with van der Waals surface area (Å²) in [7, 11) is 0. The monoisotopic (exact) mass is 384 g/mol. The van der Waals surface area contributed by atoms with E-state index >= 15 is 0 Å². The van der Waals surface area contributed by atoms with Crippen LogP contribution in [0.5, 0.6) is 0 Å². The Hall–Kier alpha value is -2.93. The zero-order valence-corrected chi connectivity index (χ0v) is 16.4. The predicted molar refractivity (Wildman–Crippen MR) is 103 cm³/mol. The van der Waals surface area contributed by atoms with E-state index in [4.69, 9.17) is 4.42 Å². The topological polar surface area (TPSA) is 88.1 Å². The summed E-state index contributed by atoms with van der Waals surface area (Å²) in [5.74, 6) is -0.876. The molecule has 7 nitrogen and oxygen atoms in total. The molecule has 1 amide bonds. The summed E-state index contributed by atoms with van der Waals surface area (Å²) in [5, 5.41) is 10.6. The average molecular weight is 384 g/mol. The third-order valence-corrected chi connectivity index (χ3v) is 5.19. The minimum absolute atomic E-state index is 0.0209. The highest BCUT2D eigenvalue weighted by Gasteiger charge is 2.45. The smallest absolute Gasteiger partial charge is 0.290 e. The van der Waals surface area contributed by atoms with E-state index < -0.39 is 23.5 Å². The first-order chi connectivity index (χ1) is 13.5. The van der Waals surface area contributed by atoms with Crippen molar-refractivity contribution in [3.8, 4) is 0 Å². The number of ketones is 1. The summed E-state index contributed by atoms with van der Waals surface area (Å²) in [5.41, 5.74) is 0.564. The van der Waals surface area contributed by atoms with Crippen molar-refractivity contribution in [2.24, 2.45) is 0 Å². The fraction of sp³-hybridized carbons (Fsp3) is 0.381. The van der Waals surface area contributed by atoms with E-state index in [0.29, 0.717) is 18.0 Å². The molecule has 2 N–H and O–H groups in total. The fourth-order valence-electron chi connectivity index (χ4n) is 3.53. The van der Waals surface area contributed by atoms with Gasteiger partial charge in [0.2, 0.25) is 5.78 Å². The van der Waals surface area contributed by atoms with Gasteiger partial charge in [-0.2, -0.15) is 0 Å². The summed E-state index contributed by atoms with van der Waals surface area (Å²) in [6.07, 6.45) is 1.61. The standard InChI is InChI=1S/C21H25N3O4/c1-4-23(5-2)12-13-24-18(15-8-6-7-11-22-15)17(20(26)21(24)27)19(25)16-10-9-14(3)28-16/h6-11,18,26H,4-5,12-13H2,1-3H3/p+1/t18-/m1/s1. The second kappa shape index (κ2) is 8.39. The van der Waals surface area contributed by atoms with Crippen LogP contribution in [0.3, 0.4) is 0 Å². The van der Waals surface area contributed by atoms with Crippen LogP contribution in [0.4, 0.5) is 0 Å². The molecule has 1 aliphatic heterocycles. The predicted octanol–water partition coefficient (Wildman–Crippen LogP) is 1.49. The van der Waals surface area contributed by atoms with E-state index in [-0.39, 0.29) is 11.3 Å². The molecule has 0 unspecified atom stereocenters. The van der Waals surface area contributed by atoms with E-state index in [1.807, 2.05) is 0 Å². The van der Waals surface area contributed by atoms with E-state index in [1.165, 1.54) is 9.80 Å². The van der Waals surface area contributed by atoms with Crippen LogP contribution in [0.2, 0.25) is 0 Å². The van der Waals surface area contributed by atoms with Crippen LogP contribution in [0, 0.1) is 6.92 Å². The number of hydrogen-bond acceptors (Lipinski definition) is 5. The Balaban J connectivity index is 1.99. The van der Waals surface area contributed by atoms with Crippen molar-refractivity contribution in [3.63, 3.8) is 0 Å². The van der Waals surface area contributed by atoms with Gasteiger partial charge in [0.1, 0.15) is 11.8 Å². The van der Waals surface area contributed by atoms with Crippen LogP contribution >= 0.6 is 0 Å². The maximum absolute atomic E-state index is 13.1. The minimum atomic E-state index is -0.735. The van der Waals surface area contributed by atoms with Gasteiger partial charge in [-0.1, -0.05) is 6.07 Å². The zero-order chi connectivity index (χ0) is 20.3. The van der Waals surface area contributed by atoms with Gasteiger partial charge in [0.05, 0.1) is 37.4 Å². The molecule has 0 aromatic carbocycles. The van der Waals surface area contributed by atoms with Gasteiger partial charge in [-0.25, -0.2) is 0 Å². The van der Waals surface area contributed by atoms with Gasteiger partial charge >= 0.3 is 0 Å². The van der Waals surface area contributed by atoms with Gasteiger partial charge in [0.25, 0.3) is 5.91 Å². The molecule has 2 aromatic heterocycles.